The van der Waals surface area contributed by atoms with Crippen molar-refractivity contribution in [2.45, 2.75) is 12.8 Å². The molecule has 2 saturated heterocycles. The molecular formula is C10H19NO3S. The summed E-state index contributed by atoms with van der Waals surface area (Å²) in [4.78, 5) is 0. The summed E-state index contributed by atoms with van der Waals surface area (Å²) in [6.07, 6.45) is 1.81. The van der Waals surface area contributed by atoms with Crippen LogP contribution >= 0.6 is 0 Å². The second kappa shape index (κ2) is 4.80. The Morgan fingerprint density at radius 2 is 1.67 bits per heavy atom. The SMILES string of the molecule is O=S(=O)(CC1CCOCC1)CC1CNC1. The van der Waals surface area contributed by atoms with Crippen LogP contribution in [-0.2, 0) is 14.6 Å². The van der Waals surface area contributed by atoms with Crippen molar-refractivity contribution >= 4 is 9.84 Å². The molecule has 2 fully saturated rings. The van der Waals surface area contributed by atoms with Crippen LogP contribution in [0.5, 0.6) is 0 Å². The molecule has 88 valence electrons. The maximum atomic E-state index is 11.8. The molecule has 2 aliphatic heterocycles. The molecule has 0 radical (unpaired) electrons. The van der Waals surface area contributed by atoms with E-state index in [0.717, 1.165) is 39.1 Å². The van der Waals surface area contributed by atoms with Crippen molar-refractivity contribution in [1.82, 2.24) is 5.32 Å². The number of ether oxygens (including phenoxy) is 1. The van der Waals surface area contributed by atoms with Gasteiger partial charge in [0.1, 0.15) is 0 Å². The van der Waals surface area contributed by atoms with E-state index in [1.807, 2.05) is 0 Å². The maximum Gasteiger partial charge on any atom is 0.150 e. The third kappa shape index (κ3) is 3.43. The second-order valence-electron chi connectivity index (χ2n) is 4.66. The molecule has 0 unspecified atom stereocenters. The Morgan fingerprint density at radius 3 is 2.20 bits per heavy atom. The van der Waals surface area contributed by atoms with E-state index in [2.05, 4.69) is 5.32 Å². The lowest BCUT2D eigenvalue weighted by Gasteiger charge is -2.28. The van der Waals surface area contributed by atoms with Gasteiger partial charge in [0.05, 0.1) is 11.5 Å². The fourth-order valence-electron chi connectivity index (χ4n) is 2.17. The Balaban J connectivity index is 1.80. The van der Waals surface area contributed by atoms with Crippen LogP contribution < -0.4 is 5.32 Å². The van der Waals surface area contributed by atoms with Crippen molar-refractivity contribution in [3.8, 4) is 0 Å². The van der Waals surface area contributed by atoms with Gasteiger partial charge in [0.2, 0.25) is 0 Å². The summed E-state index contributed by atoms with van der Waals surface area (Å²) < 4.78 is 28.9. The zero-order chi connectivity index (χ0) is 10.7. The molecule has 2 heterocycles. The van der Waals surface area contributed by atoms with Gasteiger partial charge in [0, 0.05) is 26.3 Å². The van der Waals surface area contributed by atoms with Gasteiger partial charge in [-0.15, -0.1) is 0 Å². The predicted octanol–water partition coefficient (Wildman–Crippen LogP) is 0.0472. The predicted molar refractivity (Wildman–Crippen MR) is 58.6 cm³/mol. The Morgan fingerprint density at radius 1 is 1.07 bits per heavy atom. The van der Waals surface area contributed by atoms with Gasteiger partial charge in [0.25, 0.3) is 0 Å². The molecule has 15 heavy (non-hydrogen) atoms. The third-order valence-corrected chi connectivity index (χ3v) is 5.14. The molecule has 0 aromatic rings. The van der Waals surface area contributed by atoms with Gasteiger partial charge in [-0.3, -0.25) is 0 Å². The van der Waals surface area contributed by atoms with Crippen molar-refractivity contribution in [3.63, 3.8) is 0 Å². The van der Waals surface area contributed by atoms with Crippen LogP contribution in [0.1, 0.15) is 12.8 Å². The van der Waals surface area contributed by atoms with Crippen LogP contribution in [0.2, 0.25) is 0 Å². The molecule has 0 aromatic carbocycles. The van der Waals surface area contributed by atoms with Crippen LogP contribution in [-0.4, -0.2) is 46.2 Å². The second-order valence-corrected chi connectivity index (χ2v) is 6.81. The zero-order valence-electron chi connectivity index (χ0n) is 8.94. The fraction of sp³-hybridized carbons (Fsp3) is 1.00. The van der Waals surface area contributed by atoms with Crippen molar-refractivity contribution in [2.24, 2.45) is 11.8 Å². The normalized spacial score (nSPS) is 25.1. The lowest BCUT2D eigenvalue weighted by molar-refractivity contribution is 0.0723. The summed E-state index contributed by atoms with van der Waals surface area (Å²) in [5.74, 6) is 1.43. The average Bonchev–Trinajstić information content (AvgIpc) is 2.13. The van der Waals surface area contributed by atoms with Gasteiger partial charge in [-0.1, -0.05) is 0 Å². The lowest BCUT2D eigenvalue weighted by Crippen LogP contribution is -2.46. The summed E-state index contributed by atoms with van der Waals surface area (Å²) >= 11 is 0. The van der Waals surface area contributed by atoms with Crippen LogP contribution in [0, 0.1) is 11.8 Å². The fourth-order valence-corrected chi connectivity index (χ4v) is 4.31. The molecule has 0 aliphatic carbocycles. The van der Waals surface area contributed by atoms with E-state index in [0.29, 0.717) is 23.3 Å². The molecule has 2 rings (SSSR count). The summed E-state index contributed by atoms with van der Waals surface area (Å²) in [7, 11) is -2.84. The first-order valence-electron chi connectivity index (χ1n) is 5.64. The van der Waals surface area contributed by atoms with Crippen LogP contribution in [0.25, 0.3) is 0 Å². The first-order chi connectivity index (χ1) is 7.16. The molecule has 1 N–H and O–H groups in total. The van der Waals surface area contributed by atoms with E-state index in [1.54, 1.807) is 0 Å². The highest BCUT2D eigenvalue weighted by Crippen LogP contribution is 2.18. The van der Waals surface area contributed by atoms with Gasteiger partial charge in [0.15, 0.2) is 9.84 Å². The van der Waals surface area contributed by atoms with E-state index in [9.17, 15) is 8.42 Å². The summed E-state index contributed by atoms with van der Waals surface area (Å²) in [5.41, 5.74) is 0. The topological polar surface area (TPSA) is 55.4 Å². The molecule has 0 atom stereocenters. The maximum absolute atomic E-state index is 11.8. The number of sulfone groups is 1. The van der Waals surface area contributed by atoms with Crippen molar-refractivity contribution in [1.29, 1.82) is 0 Å². The first kappa shape index (κ1) is 11.4. The molecule has 5 heteroatoms. The van der Waals surface area contributed by atoms with Gasteiger partial charge < -0.3 is 10.1 Å². The Labute approximate surface area is 91.3 Å². The van der Waals surface area contributed by atoms with Crippen molar-refractivity contribution in [2.75, 3.05) is 37.8 Å². The highest BCUT2D eigenvalue weighted by atomic mass is 32.2. The number of hydrogen-bond acceptors (Lipinski definition) is 4. The minimum atomic E-state index is -2.84. The van der Waals surface area contributed by atoms with E-state index in [-0.39, 0.29) is 0 Å². The number of hydrogen-bond donors (Lipinski definition) is 1. The van der Waals surface area contributed by atoms with Crippen LogP contribution in [0.4, 0.5) is 0 Å². The molecule has 0 spiro atoms. The monoisotopic (exact) mass is 233 g/mol. The molecule has 4 nitrogen and oxygen atoms in total. The first-order valence-corrected chi connectivity index (χ1v) is 7.47. The Hall–Kier alpha value is -0.130. The molecule has 0 amide bonds. The van der Waals surface area contributed by atoms with E-state index < -0.39 is 9.84 Å². The Kier molecular flexibility index (Phi) is 3.64. The number of nitrogens with one attached hydrogen (secondary N) is 1. The summed E-state index contributed by atoms with van der Waals surface area (Å²) in [6.45, 7) is 3.19. The highest BCUT2D eigenvalue weighted by molar-refractivity contribution is 7.91. The van der Waals surface area contributed by atoms with Crippen LogP contribution in [0.15, 0.2) is 0 Å². The quantitative estimate of drug-likeness (QED) is 0.745. The van der Waals surface area contributed by atoms with Gasteiger partial charge in [-0.2, -0.15) is 0 Å². The lowest BCUT2D eigenvalue weighted by atomic mass is 10.0. The third-order valence-electron chi connectivity index (χ3n) is 3.19. The minimum Gasteiger partial charge on any atom is -0.381 e. The van der Waals surface area contributed by atoms with Gasteiger partial charge in [-0.05, 0) is 24.7 Å². The van der Waals surface area contributed by atoms with E-state index in [4.69, 9.17) is 4.74 Å². The zero-order valence-corrected chi connectivity index (χ0v) is 9.76. The number of rotatable bonds is 4. The molecule has 0 bridgehead atoms. The van der Waals surface area contributed by atoms with Crippen molar-refractivity contribution < 1.29 is 13.2 Å². The smallest absolute Gasteiger partial charge is 0.150 e. The molecule has 0 aromatic heterocycles. The highest BCUT2D eigenvalue weighted by Gasteiger charge is 2.27. The largest absolute Gasteiger partial charge is 0.381 e. The Bertz CT molecular complexity index is 292. The van der Waals surface area contributed by atoms with Crippen LogP contribution in [0.3, 0.4) is 0 Å². The molecule has 2 aliphatic rings. The van der Waals surface area contributed by atoms with Crippen molar-refractivity contribution in [3.05, 3.63) is 0 Å². The average molecular weight is 233 g/mol. The molecule has 0 saturated carbocycles. The standard InChI is InChI=1S/C10H19NO3S/c12-15(13,8-10-5-11-6-10)7-9-1-3-14-4-2-9/h9-11H,1-8H2. The van der Waals surface area contributed by atoms with Gasteiger partial charge >= 0.3 is 0 Å². The van der Waals surface area contributed by atoms with Gasteiger partial charge in [-0.25, -0.2) is 8.42 Å². The summed E-state index contributed by atoms with van der Waals surface area (Å²) in [5, 5.41) is 3.10. The van der Waals surface area contributed by atoms with E-state index in [1.165, 1.54) is 0 Å². The van der Waals surface area contributed by atoms with E-state index >= 15 is 0 Å². The molecular weight excluding hydrogens is 214 g/mol. The summed E-state index contributed by atoms with van der Waals surface area (Å²) in [6, 6.07) is 0. The minimum absolute atomic E-state index is 0.330.